The van der Waals surface area contributed by atoms with Crippen LogP contribution in [0.5, 0.6) is 0 Å². The molecule has 0 spiro atoms. The number of carbonyl (C=O) groups excluding carboxylic acids is 2. The number of rotatable bonds is 9. The van der Waals surface area contributed by atoms with Crippen LogP contribution in [0.25, 0.3) is 10.2 Å². The molecule has 0 radical (unpaired) electrons. The summed E-state index contributed by atoms with van der Waals surface area (Å²) >= 11 is 1.18. The van der Waals surface area contributed by atoms with Crippen LogP contribution in [-0.2, 0) is 16.1 Å². The van der Waals surface area contributed by atoms with Crippen molar-refractivity contribution in [2.75, 3.05) is 25.6 Å². The third-order valence-electron chi connectivity index (χ3n) is 5.11. The molecule has 0 fully saturated rings. The first-order valence-corrected chi connectivity index (χ1v) is 11.3. The van der Waals surface area contributed by atoms with E-state index in [9.17, 15) is 14.4 Å². The topological polar surface area (TPSA) is 102 Å². The van der Waals surface area contributed by atoms with E-state index in [4.69, 9.17) is 4.74 Å². The summed E-state index contributed by atoms with van der Waals surface area (Å²) in [5.74, 6) is -0.160. The summed E-state index contributed by atoms with van der Waals surface area (Å²) in [6.45, 7) is 6.81. The number of hydrogen-bond donors (Lipinski definition) is 2. The molecule has 8 nitrogen and oxygen atoms in total. The standard InChI is InChI=1S/C23H28N4O4S/c1-14(2)16-6-8-17(9-7-16)26-18(28)12-27-13-25-22-19(23(27)30)15(3)20(32-22)21(29)24-10-5-11-31-4/h6-9,13-14H,5,10-12H2,1-4H3,(H,24,29)(H,26,28). The second-order valence-electron chi connectivity index (χ2n) is 7.84. The van der Waals surface area contributed by atoms with Crippen molar-refractivity contribution in [2.24, 2.45) is 0 Å². The SMILES string of the molecule is COCCCNC(=O)c1sc2ncn(CC(=O)Nc3ccc(C(C)C)cc3)c(=O)c2c1C. The maximum atomic E-state index is 13.0. The predicted octanol–water partition coefficient (Wildman–Crippen LogP) is 3.29. The van der Waals surface area contributed by atoms with Crippen molar-refractivity contribution < 1.29 is 14.3 Å². The number of thiophene rings is 1. The zero-order chi connectivity index (χ0) is 23.3. The van der Waals surface area contributed by atoms with Crippen molar-refractivity contribution in [1.82, 2.24) is 14.9 Å². The van der Waals surface area contributed by atoms with Crippen molar-refractivity contribution in [1.29, 1.82) is 0 Å². The van der Waals surface area contributed by atoms with Gasteiger partial charge >= 0.3 is 0 Å². The van der Waals surface area contributed by atoms with Crippen molar-refractivity contribution in [3.8, 4) is 0 Å². The minimum Gasteiger partial charge on any atom is -0.385 e. The molecule has 3 rings (SSSR count). The van der Waals surface area contributed by atoms with Gasteiger partial charge in [0.2, 0.25) is 5.91 Å². The number of fused-ring (bicyclic) bond motifs is 1. The van der Waals surface area contributed by atoms with E-state index in [2.05, 4.69) is 29.5 Å². The molecule has 0 aliphatic carbocycles. The van der Waals surface area contributed by atoms with Crippen LogP contribution in [-0.4, -0.2) is 41.6 Å². The molecule has 0 aliphatic heterocycles. The van der Waals surface area contributed by atoms with Crippen molar-refractivity contribution in [3.63, 3.8) is 0 Å². The number of hydrogen-bond acceptors (Lipinski definition) is 6. The number of amides is 2. The number of nitrogens with zero attached hydrogens (tertiary/aromatic N) is 2. The van der Waals surface area contributed by atoms with Gasteiger partial charge in [-0.05, 0) is 42.5 Å². The van der Waals surface area contributed by atoms with Gasteiger partial charge in [0.15, 0.2) is 0 Å². The van der Waals surface area contributed by atoms with Crippen molar-refractivity contribution in [3.05, 3.63) is 57.0 Å². The lowest BCUT2D eigenvalue weighted by molar-refractivity contribution is -0.116. The molecule has 2 amide bonds. The quantitative estimate of drug-likeness (QED) is 0.481. The van der Waals surface area contributed by atoms with E-state index in [0.29, 0.717) is 51.8 Å². The summed E-state index contributed by atoms with van der Waals surface area (Å²) in [5.41, 5.74) is 2.08. The fourth-order valence-electron chi connectivity index (χ4n) is 3.29. The summed E-state index contributed by atoms with van der Waals surface area (Å²) in [6.07, 6.45) is 2.05. The minimum atomic E-state index is -0.340. The van der Waals surface area contributed by atoms with Gasteiger partial charge in [0, 0.05) is 25.9 Å². The van der Waals surface area contributed by atoms with Gasteiger partial charge in [-0.2, -0.15) is 0 Å². The predicted molar refractivity (Wildman–Crippen MR) is 127 cm³/mol. The number of ether oxygens (including phenoxy) is 1. The molecule has 0 atom stereocenters. The second kappa shape index (κ2) is 10.5. The van der Waals surface area contributed by atoms with E-state index in [1.54, 1.807) is 14.0 Å². The largest absolute Gasteiger partial charge is 0.385 e. The maximum Gasteiger partial charge on any atom is 0.262 e. The molecule has 170 valence electrons. The lowest BCUT2D eigenvalue weighted by Crippen LogP contribution is -2.28. The Kier molecular flexibility index (Phi) is 7.76. The first-order chi connectivity index (χ1) is 15.3. The Morgan fingerprint density at radius 1 is 1.22 bits per heavy atom. The summed E-state index contributed by atoms with van der Waals surface area (Å²) < 4.78 is 6.24. The van der Waals surface area contributed by atoms with E-state index >= 15 is 0 Å². The number of anilines is 1. The molecule has 2 aromatic heterocycles. The van der Waals surface area contributed by atoms with Crippen LogP contribution in [0.4, 0.5) is 5.69 Å². The number of aromatic nitrogens is 2. The second-order valence-corrected chi connectivity index (χ2v) is 8.84. The van der Waals surface area contributed by atoms with Crippen LogP contribution >= 0.6 is 11.3 Å². The monoisotopic (exact) mass is 456 g/mol. The Morgan fingerprint density at radius 2 is 1.94 bits per heavy atom. The molecule has 0 bridgehead atoms. The molecule has 0 unspecified atom stereocenters. The first-order valence-electron chi connectivity index (χ1n) is 10.5. The number of carbonyl (C=O) groups is 2. The fourth-order valence-corrected chi connectivity index (χ4v) is 4.35. The molecule has 2 heterocycles. The van der Waals surface area contributed by atoms with Crippen LogP contribution in [0.3, 0.4) is 0 Å². The molecular weight excluding hydrogens is 428 g/mol. The van der Waals surface area contributed by atoms with Crippen LogP contribution in [0.15, 0.2) is 35.4 Å². The molecule has 9 heteroatoms. The van der Waals surface area contributed by atoms with E-state index < -0.39 is 0 Å². The number of benzene rings is 1. The van der Waals surface area contributed by atoms with Crippen LogP contribution < -0.4 is 16.2 Å². The Balaban J connectivity index is 1.74. The van der Waals surface area contributed by atoms with Gasteiger partial charge in [0.05, 0.1) is 16.6 Å². The van der Waals surface area contributed by atoms with Crippen LogP contribution in [0, 0.1) is 6.92 Å². The normalized spacial score (nSPS) is 11.2. The molecule has 32 heavy (non-hydrogen) atoms. The molecular formula is C23H28N4O4S. The third kappa shape index (κ3) is 5.41. The summed E-state index contributed by atoms with van der Waals surface area (Å²) in [4.78, 5) is 43.2. The van der Waals surface area contributed by atoms with Gasteiger partial charge < -0.3 is 15.4 Å². The lowest BCUT2D eigenvalue weighted by atomic mass is 10.0. The summed E-state index contributed by atoms with van der Waals surface area (Å²) in [5, 5.41) is 6.00. The maximum absolute atomic E-state index is 13.0. The van der Waals surface area contributed by atoms with E-state index in [0.717, 1.165) is 0 Å². The van der Waals surface area contributed by atoms with Crippen molar-refractivity contribution >= 4 is 39.1 Å². The Bertz CT molecular complexity index is 1170. The van der Waals surface area contributed by atoms with E-state index in [1.807, 2.05) is 24.3 Å². The van der Waals surface area contributed by atoms with Gasteiger partial charge in [0.25, 0.3) is 11.5 Å². The van der Waals surface area contributed by atoms with Gasteiger partial charge in [-0.1, -0.05) is 26.0 Å². The number of methoxy groups -OCH3 is 1. The average molecular weight is 457 g/mol. The highest BCUT2D eigenvalue weighted by molar-refractivity contribution is 7.20. The average Bonchev–Trinajstić information content (AvgIpc) is 3.10. The Morgan fingerprint density at radius 3 is 2.59 bits per heavy atom. The van der Waals surface area contributed by atoms with E-state index in [-0.39, 0.29) is 23.9 Å². The first kappa shape index (κ1) is 23.6. The zero-order valence-electron chi connectivity index (χ0n) is 18.7. The highest BCUT2D eigenvalue weighted by Gasteiger charge is 2.20. The Labute approximate surface area is 190 Å². The number of nitrogens with one attached hydrogen (secondary N) is 2. The van der Waals surface area contributed by atoms with Crippen LogP contribution in [0.1, 0.15) is 47.0 Å². The highest BCUT2D eigenvalue weighted by Crippen LogP contribution is 2.26. The summed E-state index contributed by atoms with van der Waals surface area (Å²) in [7, 11) is 1.61. The Hall–Kier alpha value is -3.04. The molecule has 2 N–H and O–H groups in total. The van der Waals surface area contributed by atoms with Gasteiger partial charge in [0.1, 0.15) is 11.4 Å². The highest BCUT2D eigenvalue weighted by atomic mass is 32.1. The molecule has 3 aromatic rings. The molecule has 1 aromatic carbocycles. The molecule has 0 saturated heterocycles. The lowest BCUT2D eigenvalue weighted by Gasteiger charge is -2.09. The third-order valence-corrected chi connectivity index (χ3v) is 6.31. The fraction of sp³-hybridized carbons (Fsp3) is 0.391. The zero-order valence-corrected chi connectivity index (χ0v) is 19.5. The van der Waals surface area contributed by atoms with Crippen LogP contribution in [0.2, 0.25) is 0 Å². The smallest absolute Gasteiger partial charge is 0.262 e. The van der Waals surface area contributed by atoms with E-state index in [1.165, 1.54) is 27.8 Å². The summed E-state index contributed by atoms with van der Waals surface area (Å²) in [6, 6.07) is 7.63. The number of aryl methyl sites for hydroxylation is 1. The molecule has 0 saturated carbocycles. The van der Waals surface area contributed by atoms with Gasteiger partial charge in [-0.15, -0.1) is 11.3 Å². The van der Waals surface area contributed by atoms with Gasteiger partial charge in [-0.25, -0.2) is 4.98 Å². The van der Waals surface area contributed by atoms with Crippen molar-refractivity contribution in [2.45, 2.75) is 39.7 Å². The van der Waals surface area contributed by atoms with Gasteiger partial charge in [-0.3, -0.25) is 19.0 Å². The molecule has 0 aliphatic rings. The minimum absolute atomic E-state index is 0.165.